The first-order chi connectivity index (χ1) is 18.6. The van der Waals surface area contributed by atoms with Crippen LogP contribution in [0.1, 0.15) is 22.3 Å². The zero-order valence-corrected chi connectivity index (χ0v) is 20.1. The van der Waals surface area contributed by atoms with Crippen molar-refractivity contribution >= 4 is 24.9 Å². The average molecular weight is 523 g/mol. The lowest BCUT2D eigenvalue weighted by atomic mass is 10.1. The van der Waals surface area contributed by atoms with Gasteiger partial charge in [-0.3, -0.25) is 0 Å². The second-order valence-electron chi connectivity index (χ2n) is 7.33. The molecule has 38 heavy (non-hydrogen) atoms. The summed E-state index contributed by atoms with van der Waals surface area (Å²) in [6, 6.07) is 16.4. The standard InChI is InChI=1S/C26H26N4O8/c31-23-7-3-1-5-19(23)15-27-35-11-13-37-29-17-21-9-10-22(26(34)25(21)33)18-30-38-14-12-36-28-16-20-6-2-4-8-24(20)32/h1-10,15-18,31-34H,11-14H2/b27-15+,28-16+,29-17+,30-18+. The third-order valence-electron chi connectivity index (χ3n) is 4.68. The van der Waals surface area contributed by atoms with E-state index in [2.05, 4.69) is 20.6 Å². The number of phenols is 4. The number of hydrogen-bond acceptors (Lipinski definition) is 12. The summed E-state index contributed by atoms with van der Waals surface area (Å²) in [6.45, 7) is 0.352. The van der Waals surface area contributed by atoms with Gasteiger partial charge in [0.1, 0.15) is 11.5 Å². The van der Waals surface area contributed by atoms with E-state index in [-0.39, 0.29) is 49.1 Å². The lowest BCUT2D eigenvalue weighted by Crippen LogP contribution is -1.99. The van der Waals surface area contributed by atoms with E-state index < -0.39 is 11.5 Å². The highest BCUT2D eigenvalue weighted by Crippen LogP contribution is 2.30. The van der Waals surface area contributed by atoms with Gasteiger partial charge in [0, 0.05) is 22.3 Å². The van der Waals surface area contributed by atoms with Gasteiger partial charge in [-0.05, 0) is 36.4 Å². The highest BCUT2D eigenvalue weighted by Gasteiger charge is 2.09. The summed E-state index contributed by atoms with van der Waals surface area (Å²) in [4.78, 5) is 20.1. The fourth-order valence-corrected chi connectivity index (χ4v) is 2.75. The van der Waals surface area contributed by atoms with E-state index in [0.29, 0.717) is 11.1 Å². The normalized spacial score (nSPS) is 11.6. The molecule has 198 valence electrons. The molecule has 12 heteroatoms. The molecule has 0 saturated carbocycles. The molecule has 0 unspecified atom stereocenters. The molecule has 0 radical (unpaired) electrons. The van der Waals surface area contributed by atoms with E-state index in [0.717, 1.165) is 0 Å². The Morgan fingerprint density at radius 1 is 0.447 bits per heavy atom. The predicted molar refractivity (Wildman–Crippen MR) is 140 cm³/mol. The van der Waals surface area contributed by atoms with Crippen LogP contribution in [0.2, 0.25) is 0 Å². The third kappa shape index (κ3) is 8.75. The summed E-state index contributed by atoms with van der Waals surface area (Å²) in [6.07, 6.45) is 5.20. The molecule has 0 atom stereocenters. The van der Waals surface area contributed by atoms with Crippen LogP contribution in [0, 0.1) is 0 Å². The molecule has 12 nitrogen and oxygen atoms in total. The van der Waals surface area contributed by atoms with Gasteiger partial charge < -0.3 is 39.8 Å². The molecule has 0 fully saturated rings. The van der Waals surface area contributed by atoms with E-state index in [1.165, 1.54) is 49.1 Å². The van der Waals surface area contributed by atoms with Crippen LogP contribution in [0.3, 0.4) is 0 Å². The van der Waals surface area contributed by atoms with Crippen LogP contribution in [0.5, 0.6) is 23.0 Å². The number of hydrogen-bond donors (Lipinski definition) is 4. The van der Waals surface area contributed by atoms with Crippen molar-refractivity contribution in [2.45, 2.75) is 0 Å². The molecule has 0 aliphatic rings. The molecule has 3 rings (SSSR count). The van der Waals surface area contributed by atoms with E-state index in [4.69, 9.17) is 19.4 Å². The van der Waals surface area contributed by atoms with Crippen molar-refractivity contribution in [1.29, 1.82) is 0 Å². The van der Waals surface area contributed by atoms with Gasteiger partial charge in [0.25, 0.3) is 0 Å². The van der Waals surface area contributed by atoms with Gasteiger partial charge >= 0.3 is 0 Å². The quantitative estimate of drug-likeness (QED) is 0.108. The molecule has 0 aromatic heterocycles. The highest BCUT2D eigenvalue weighted by atomic mass is 16.7. The van der Waals surface area contributed by atoms with Crippen LogP contribution in [0.25, 0.3) is 0 Å². The Balaban J connectivity index is 1.34. The van der Waals surface area contributed by atoms with Crippen molar-refractivity contribution in [2.75, 3.05) is 26.4 Å². The fourth-order valence-electron chi connectivity index (χ4n) is 2.75. The zero-order chi connectivity index (χ0) is 27.0. The average Bonchev–Trinajstić information content (AvgIpc) is 2.92. The predicted octanol–water partition coefficient (Wildman–Crippen LogP) is 3.31. The van der Waals surface area contributed by atoms with Crippen LogP contribution >= 0.6 is 0 Å². The van der Waals surface area contributed by atoms with Gasteiger partial charge in [-0.2, -0.15) is 0 Å². The van der Waals surface area contributed by atoms with Gasteiger partial charge in [0.15, 0.2) is 37.9 Å². The third-order valence-corrected chi connectivity index (χ3v) is 4.68. The molecule has 0 amide bonds. The first-order valence-electron chi connectivity index (χ1n) is 11.3. The highest BCUT2D eigenvalue weighted by molar-refractivity contribution is 5.91. The summed E-state index contributed by atoms with van der Waals surface area (Å²) >= 11 is 0. The first kappa shape index (κ1) is 27.3. The van der Waals surface area contributed by atoms with E-state index >= 15 is 0 Å². The second kappa shape index (κ2) is 15.0. The fraction of sp³-hybridized carbons (Fsp3) is 0.154. The Bertz CT molecular complexity index is 1200. The summed E-state index contributed by atoms with van der Waals surface area (Å²) in [5.41, 5.74) is 1.47. The SMILES string of the molecule is Oc1ccccc1/C=N/OCCO/N=C/c1ccc(/C=N/OCCO/N=C/c2ccccc2O)c(O)c1O. The van der Waals surface area contributed by atoms with Crippen LogP contribution < -0.4 is 0 Å². The Morgan fingerprint density at radius 2 is 0.763 bits per heavy atom. The van der Waals surface area contributed by atoms with Crippen LogP contribution in [0.15, 0.2) is 81.3 Å². The van der Waals surface area contributed by atoms with Crippen LogP contribution in [-0.2, 0) is 19.4 Å². The molecule has 0 heterocycles. The van der Waals surface area contributed by atoms with Crippen molar-refractivity contribution < 1.29 is 39.8 Å². The number of nitrogens with zero attached hydrogens (tertiary/aromatic N) is 4. The molecule has 0 aliphatic carbocycles. The van der Waals surface area contributed by atoms with Crippen molar-refractivity contribution in [3.63, 3.8) is 0 Å². The molecule has 4 N–H and O–H groups in total. The van der Waals surface area contributed by atoms with Crippen LogP contribution in [-0.4, -0.2) is 71.7 Å². The Hall–Kier alpha value is -5.26. The van der Waals surface area contributed by atoms with Crippen LogP contribution in [0.4, 0.5) is 0 Å². The molecule has 0 bridgehead atoms. The largest absolute Gasteiger partial charge is 0.507 e. The zero-order valence-electron chi connectivity index (χ0n) is 20.1. The topological polar surface area (TPSA) is 167 Å². The van der Waals surface area contributed by atoms with Gasteiger partial charge in [0.2, 0.25) is 0 Å². The minimum absolute atomic E-state index is 0.0766. The van der Waals surface area contributed by atoms with Crippen molar-refractivity contribution in [1.82, 2.24) is 0 Å². The Morgan fingerprint density at radius 3 is 1.11 bits per heavy atom. The van der Waals surface area contributed by atoms with Crippen molar-refractivity contribution in [3.8, 4) is 23.0 Å². The van der Waals surface area contributed by atoms with E-state index in [9.17, 15) is 20.4 Å². The molecular formula is C26H26N4O8. The number of para-hydroxylation sites is 2. The van der Waals surface area contributed by atoms with Crippen molar-refractivity contribution in [2.24, 2.45) is 20.6 Å². The van der Waals surface area contributed by atoms with E-state index in [1.54, 1.807) is 36.4 Å². The number of aromatic hydroxyl groups is 4. The number of oxime groups is 4. The summed E-state index contributed by atoms with van der Waals surface area (Å²) < 4.78 is 0. The molecular weight excluding hydrogens is 496 g/mol. The molecule has 3 aromatic rings. The minimum Gasteiger partial charge on any atom is -0.507 e. The maximum Gasteiger partial charge on any atom is 0.167 e. The lowest BCUT2D eigenvalue weighted by molar-refractivity contribution is 0.0552. The van der Waals surface area contributed by atoms with Gasteiger partial charge in [-0.25, -0.2) is 0 Å². The maximum atomic E-state index is 10.2. The Kier molecular flexibility index (Phi) is 10.8. The summed E-state index contributed by atoms with van der Waals surface area (Å²) in [5.74, 6) is -0.642. The minimum atomic E-state index is -0.411. The number of benzene rings is 3. The number of rotatable bonds is 14. The summed E-state index contributed by atoms with van der Waals surface area (Å²) in [7, 11) is 0. The molecule has 0 aliphatic heterocycles. The van der Waals surface area contributed by atoms with Crippen molar-refractivity contribution in [3.05, 3.63) is 82.9 Å². The first-order valence-corrected chi connectivity index (χ1v) is 11.3. The maximum absolute atomic E-state index is 10.2. The monoisotopic (exact) mass is 522 g/mol. The second-order valence-corrected chi connectivity index (χ2v) is 7.33. The van der Waals surface area contributed by atoms with Gasteiger partial charge in [0.05, 0.1) is 24.9 Å². The number of phenolic OH excluding ortho intramolecular Hbond substituents is 4. The smallest absolute Gasteiger partial charge is 0.167 e. The molecule has 0 saturated heterocycles. The Labute approximate surface area is 217 Å². The van der Waals surface area contributed by atoms with Gasteiger partial charge in [-0.15, -0.1) is 0 Å². The van der Waals surface area contributed by atoms with Gasteiger partial charge in [-0.1, -0.05) is 44.9 Å². The lowest BCUT2D eigenvalue weighted by Gasteiger charge is -2.05. The van der Waals surface area contributed by atoms with E-state index in [1.807, 2.05) is 0 Å². The molecule has 3 aromatic carbocycles. The molecule has 0 spiro atoms. The summed E-state index contributed by atoms with van der Waals surface area (Å²) in [5, 5.41) is 54.5.